The number of amides is 1. The molecule has 2 aromatic rings. The van der Waals surface area contributed by atoms with E-state index in [2.05, 4.69) is 54.8 Å². The Labute approximate surface area is 203 Å². The van der Waals surface area contributed by atoms with Crippen LogP contribution in [0.2, 0.25) is 0 Å². The van der Waals surface area contributed by atoms with Gasteiger partial charge in [0.1, 0.15) is 6.33 Å². The van der Waals surface area contributed by atoms with Crippen LogP contribution in [-0.2, 0) is 11.2 Å². The molecule has 3 aliphatic rings. The van der Waals surface area contributed by atoms with Crippen molar-refractivity contribution in [1.29, 1.82) is 0 Å². The number of carbonyl (C=O) groups is 1. The first-order valence-electron chi connectivity index (χ1n) is 10.8. The van der Waals surface area contributed by atoms with Crippen LogP contribution in [0, 0.1) is 0 Å². The first kappa shape index (κ1) is 21.6. The molecule has 2 aliphatic heterocycles. The van der Waals surface area contributed by atoms with Crippen molar-refractivity contribution in [1.82, 2.24) is 18.0 Å². The van der Waals surface area contributed by atoms with E-state index in [1.807, 2.05) is 11.0 Å². The summed E-state index contributed by atoms with van der Waals surface area (Å²) in [6.07, 6.45) is 5.69. The number of ether oxygens (including phenoxy) is 1. The second-order valence-corrected chi connectivity index (χ2v) is 12.4. The standard InChI is InChI=1S/C22H26I2N5O2/c23-24-28-10-8-27(9-11-28)18-1-2-19-16-4-7-29(21(13-16)20(19)14-18)22(30)31-12-5-17-3-6-25-15-26-17/h1-3,6,14-16,21H,4-5,7-13H2/q-1. The van der Waals surface area contributed by atoms with Gasteiger partial charge in [-0.2, -0.15) is 0 Å². The van der Waals surface area contributed by atoms with Gasteiger partial charge < -0.3 is 0 Å². The summed E-state index contributed by atoms with van der Waals surface area (Å²) in [6.45, 7) is 5.60. The summed E-state index contributed by atoms with van der Waals surface area (Å²) >= 11 is 2.71. The molecule has 2 saturated heterocycles. The van der Waals surface area contributed by atoms with Crippen LogP contribution in [0.15, 0.2) is 36.8 Å². The number of benzene rings is 1. The van der Waals surface area contributed by atoms with Crippen molar-refractivity contribution in [3.63, 3.8) is 0 Å². The molecule has 166 valence electrons. The van der Waals surface area contributed by atoms with E-state index in [0.29, 0.717) is 18.9 Å². The Morgan fingerprint density at radius 2 is 2.03 bits per heavy atom. The predicted octanol–water partition coefficient (Wildman–Crippen LogP) is 0.566. The number of carbonyl (C=O) groups excluding carboxylic acids is 1. The van der Waals surface area contributed by atoms with Gasteiger partial charge in [0.05, 0.1) is 0 Å². The molecule has 2 bridgehead atoms. The molecule has 3 heterocycles. The number of hydrogen-bond donors (Lipinski definition) is 0. The summed E-state index contributed by atoms with van der Waals surface area (Å²) in [5.41, 5.74) is 4.95. The summed E-state index contributed by atoms with van der Waals surface area (Å²) in [5.74, 6) is 0.569. The van der Waals surface area contributed by atoms with E-state index in [9.17, 15) is 4.79 Å². The first-order chi connectivity index (χ1) is 15.2. The number of hydrogen-bond acceptors (Lipinski definition) is 6. The average Bonchev–Trinajstić information content (AvgIpc) is 3.11. The van der Waals surface area contributed by atoms with Crippen LogP contribution in [0.3, 0.4) is 0 Å². The third kappa shape index (κ3) is 4.63. The Kier molecular flexibility index (Phi) is 6.79. The van der Waals surface area contributed by atoms with Crippen LogP contribution in [-0.4, -0.2) is 63.4 Å². The average molecular weight is 646 g/mol. The maximum absolute atomic E-state index is 12.9. The molecule has 5 rings (SSSR count). The number of piperidine rings is 1. The van der Waals surface area contributed by atoms with Crippen molar-refractivity contribution in [2.45, 2.75) is 31.2 Å². The van der Waals surface area contributed by atoms with E-state index >= 15 is 0 Å². The molecule has 2 unspecified atom stereocenters. The maximum atomic E-state index is 12.9. The normalized spacial score (nSPS) is 23.1. The van der Waals surface area contributed by atoms with Crippen molar-refractivity contribution in [2.24, 2.45) is 0 Å². The zero-order valence-corrected chi connectivity index (χ0v) is 21.6. The molecule has 2 atom stereocenters. The van der Waals surface area contributed by atoms with E-state index < -0.39 is 0 Å². The number of likely N-dealkylation sites (tertiary alicyclic amines) is 1. The first-order valence-corrected chi connectivity index (χ1v) is 18.1. The summed E-state index contributed by atoms with van der Waals surface area (Å²) in [5, 5.41) is 0. The molecule has 1 amide bonds. The van der Waals surface area contributed by atoms with Gasteiger partial charge in [0, 0.05) is 18.3 Å². The minimum absolute atomic E-state index is 0.141. The van der Waals surface area contributed by atoms with Gasteiger partial charge >= 0.3 is 164 Å². The molecular formula is C22H26I2N5O2-. The topological polar surface area (TPSA) is 61.8 Å². The van der Waals surface area contributed by atoms with E-state index in [1.54, 1.807) is 6.20 Å². The van der Waals surface area contributed by atoms with E-state index in [1.165, 1.54) is 23.1 Å². The van der Waals surface area contributed by atoms with Crippen molar-refractivity contribution in [3.8, 4) is 0 Å². The molecule has 31 heavy (non-hydrogen) atoms. The molecule has 9 heteroatoms. The van der Waals surface area contributed by atoms with E-state index in [-0.39, 0.29) is 29.6 Å². The number of fused-ring (bicyclic) bond motifs is 5. The van der Waals surface area contributed by atoms with Crippen LogP contribution in [0.25, 0.3) is 0 Å². The predicted molar refractivity (Wildman–Crippen MR) is 123 cm³/mol. The van der Waals surface area contributed by atoms with Gasteiger partial charge in [0.15, 0.2) is 0 Å². The van der Waals surface area contributed by atoms with Gasteiger partial charge in [0.25, 0.3) is 0 Å². The summed E-state index contributed by atoms with van der Waals surface area (Å²) < 4.78 is 8.23. The number of nitrogens with zero attached hydrogens (tertiary/aromatic N) is 5. The number of rotatable bonds is 5. The van der Waals surface area contributed by atoms with E-state index in [0.717, 1.165) is 51.3 Å². The monoisotopic (exact) mass is 646 g/mol. The van der Waals surface area contributed by atoms with Crippen LogP contribution < -0.4 is 22.4 Å². The Hall–Kier alpha value is -1.21. The molecule has 1 aromatic carbocycles. The Balaban J connectivity index is 1.26. The van der Waals surface area contributed by atoms with Gasteiger partial charge in [0.2, 0.25) is 0 Å². The Morgan fingerprint density at radius 1 is 1.16 bits per heavy atom. The van der Waals surface area contributed by atoms with Crippen LogP contribution in [0.4, 0.5) is 10.5 Å². The van der Waals surface area contributed by atoms with Gasteiger partial charge in [-0.3, -0.25) is 0 Å². The molecule has 2 fully saturated rings. The fraction of sp³-hybridized carbons (Fsp3) is 0.500. The second-order valence-electron chi connectivity index (χ2n) is 8.27. The molecule has 0 radical (unpaired) electrons. The third-order valence-corrected chi connectivity index (χ3v) is 11.6. The summed E-state index contributed by atoms with van der Waals surface area (Å²) in [6, 6.07) is 8.95. The molecule has 0 saturated carbocycles. The SMILES string of the molecule is O=C(OCCc1ccncn1)N1CCC2CC1c1cc(N3CCN([I-]I)CC3)ccc12. The van der Waals surface area contributed by atoms with Crippen molar-refractivity contribution in [3.05, 3.63) is 53.6 Å². The molecular weight excluding hydrogens is 620 g/mol. The van der Waals surface area contributed by atoms with Crippen LogP contribution >= 0.6 is 18.6 Å². The van der Waals surface area contributed by atoms with Gasteiger partial charge in [-0.15, -0.1) is 0 Å². The number of piperazine rings is 1. The molecule has 1 aliphatic carbocycles. The molecule has 0 spiro atoms. The summed E-state index contributed by atoms with van der Waals surface area (Å²) in [4.78, 5) is 25.5. The van der Waals surface area contributed by atoms with Crippen molar-refractivity contribution >= 4 is 30.4 Å². The number of halogens is 2. The van der Waals surface area contributed by atoms with Crippen LogP contribution in [0.1, 0.15) is 41.6 Å². The van der Waals surface area contributed by atoms with Crippen LogP contribution in [0.5, 0.6) is 0 Å². The fourth-order valence-corrected chi connectivity index (χ4v) is 8.22. The molecule has 0 N–H and O–H groups in total. The second kappa shape index (κ2) is 9.74. The van der Waals surface area contributed by atoms with Crippen molar-refractivity contribution in [2.75, 3.05) is 44.2 Å². The molecule has 1 aromatic heterocycles. The summed E-state index contributed by atoms with van der Waals surface area (Å²) in [7, 11) is 0. The number of aromatic nitrogens is 2. The fourth-order valence-electron chi connectivity index (χ4n) is 4.98. The third-order valence-electron chi connectivity index (χ3n) is 6.61. The minimum atomic E-state index is -0.199. The van der Waals surface area contributed by atoms with Gasteiger partial charge in [-0.1, -0.05) is 0 Å². The quantitative estimate of drug-likeness (QED) is 0.350. The molecule has 7 nitrogen and oxygen atoms in total. The van der Waals surface area contributed by atoms with Gasteiger partial charge in [-0.05, 0) is 6.07 Å². The zero-order valence-electron chi connectivity index (χ0n) is 17.3. The van der Waals surface area contributed by atoms with E-state index in [4.69, 9.17) is 4.74 Å². The zero-order chi connectivity index (χ0) is 21.2. The number of anilines is 1. The van der Waals surface area contributed by atoms with Gasteiger partial charge in [-0.25, -0.2) is 9.97 Å². The Bertz CT molecular complexity index is 923. The van der Waals surface area contributed by atoms with Crippen molar-refractivity contribution < 1.29 is 27.0 Å². The Morgan fingerprint density at radius 3 is 2.81 bits per heavy atom.